The number of fused-ring (bicyclic) bond motifs is 1. The molecule has 5 heteroatoms. The van der Waals surface area contributed by atoms with Gasteiger partial charge < -0.3 is 9.84 Å². The molecule has 2 heterocycles. The number of carbonyl (C=O) groups excluding carboxylic acids is 1. The number of Topliss-reactive ketones (excluding diaryl/α,β-unsaturated/α-hetero) is 1. The summed E-state index contributed by atoms with van der Waals surface area (Å²) in [4.78, 5) is 13.4. The average Bonchev–Trinajstić information content (AvgIpc) is 3.07. The minimum absolute atomic E-state index is 0.120. The molecule has 0 spiro atoms. The van der Waals surface area contributed by atoms with Gasteiger partial charge in [0.05, 0.1) is 11.3 Å². The molecule has 2 aliphatic rings. The molecule has 0 radical (unpaired) electrons. The molecule has 2 aromatic carbocycles. The molecule has 1 aliphatic carbocycles. The zero-order valence-corrected chi connectivity index (χ0v) is 17.1. The molecule has 146 valence electrons. The number of carbonyl (C=O) groups is 1. The highest BCUT2D eigenvalue weighted by Crippen LogP contribution is 2.49. The van der Waals surface area contributed by atoms with Crippen LogP contribution in [0.5, 0.6) is 0 Å². The summed E-state index contributed by atoms with van der Waals surface area (Å²) < 4.78 is 5.59. The number of benzene rings is 2. The summed E-state index contributed by atoms with van der Waals surface area (Å²) in [7, 11) is 0. The maximum absolute atomic E-state index is 13.4. The third-order valence-electron chi connectivity index (χ3n) is 5.97. The number of rotatable bonds is 2. The van der Waals surface area contributed by atoms with Gasteiger partial charge >= 0.3 is 0 Å². The predicted molar refractivity (Wildman–Crippen MR) is 113 cm³/mol. The lowest BCUT2D eigenvalue weighted by Gasteiger charge is -2.34. The van der Waals surface area contributed by atoms with Crippen molar-refractivity contribution in [3.8, 4) is 0 Å². The molecule has 3 aromatic rings. The Kier molecular flexibility index (Phi) is 4.32. The summed E-state index contributed by atoms with van der Waals surface area (Å²) in [6.45, 7) is 4.00. The van der Waals surface area contributed by atoms with Crippen LogP contribution in [0.3, 0.4) is 0 Å². The largest absolute Gasteiger partial charge is 0.338 e. The highest BCUT2D eigenvalue weighted by molar-refractivity contribution is 6.30. The van der Waals surface area contributed by atoms with Gasteiger partial charge in [-0.25, -0.2) is 0 Å². The van der Waals surface area contributed by atoms with E-state index < -0.39 is 0 Å². The number of aromatic nitrogens is 1. The van der Waals surface area contributed by atoms with E-state index in [0.717, 1.165) is 40.1 Å². The Bertz CT molecular complexity index is 1140. The Morgan fingerprint density at radius 3 is 2.62 bits per heavy atom. The van der Waals surface area contributed by atoms with E-state index >= 15 is 0 Å². The smallest absolute Gasteiger partial charge is 0.233 e. The summed E-state index contributed by atoms with van der Waals surface area (Å²) in [5.41, 5.74) is 6.97. The van der Waals surface area contributed by atoms with Crippen molar-refractivity contribution < 1.29 is 9.32 Å². The van der Waals surface area contributed by atoms with Crippen molar-refractivity contribution in [3.05, 3.63) is 92.8 Å². The third kappa shape index (κ3) is 3.08. The van der Waals surface area contributed by atoms with Gasteiger partial charge in [0, 0.05) is 28.6 Å². The van der Waals surface area contributed by atoms with Crippen LogP contribution in [0.25, 0.3) is 0 Å². The molecule has 1 aromatic heterocycles. The zero-order valence-electron chi connectivity index (χ0n) is 16.3. The molecule has 2 atom stereocenters. The summed E-state index contributed by atoms with van der Waals surface area (Å²) in [6.07, 6.45) is 1.24. The second-order valence-corrected chi connectivity index (χ2v) is 8.39. The van der Waals surface area contributed by atoms with Crippen LogP contribution >= 0.6 is 11.6 Å². The predicted octanol–water partition coefficient (Wildman–Crippen LogP) is 5.90. The van der Waals surface area contributed by atoms with Crippen molar-refractivity contribution in [2.75, 3.05) is 5.32 Å². The number of allylic oxidation sites excluding steroid dienone is 2. The van der Waals surface area contributed by atoms with Crippen LogP contribution in [-0.2, 0) is 4.79 Å². The quantitative estimate of drug-likeness (QED) is 0.577. The van der Waals surface area contributed by atoms with E-state index in [4.69, 9.17) is 16.1 Å². The van der Waals surface area contributed by atoms with E-state index in [9.17, 15) is 4.79 Å². The topological polar surface area (TPSA) is 55.1 Å². The Morgan fingerprint density at radius 2 is 1.86 bits per heavy atom. The van der Waals surface area contributed by atoms with E-state index in [2.05, 4.69) is 35.6 Å². The van der Waals surface area contributed by atoms with Gasteiger partial charge in [-0.1, -0.05) is 58.7 Å². The monoisotopic (exact) mass is 404 g/mol. The average molecular weight is 405 g/mol. The Labute approximate surface area is 174 Å². The first-order valence-electron chi connectivity index (χ1n) is 9.82. The molecule has 0 saturated carbocycles. The van der Waals surface area contributed by atoms with E-state index in [1.54, 1.807) is 0 Å². The van der Waals surface area contributed by atoms with Crippen molar-refractivity contribution in [1.29, 1.82) is 0 Å². The van der Waals surface area contributed by atoms with Gasteiger partial charge in [0.15, 0.2) is 5.78 Å². The number of nitrogens with one attached hydrogen (secondary N) is 1. The number of halogens is 1. The first-order valence-corrected chi connectivity index (χ1v) is 10.2. The molecule has 1 N–H and O–H groups in total. The fourth-order valence-corrected chi connectivity index (χ4v) is 4.75. The van der Waals surface area contributed by atoms with E-state index in [-0.39, 0.29) is 17.6 Å². The number of aryl methyl sites for hydroxylation is 2. The fraction of sp³-hybridized carbons (Fsp3) is 0.250. The van der Waals surface area contributed by atoms with Crippen molar-refractivity contribution in [3.63, 3.8) is 0 Å². The molecule has 0 fully saturated rings. The summed E-state index contributed by atoms with van der Waals surface area (Å²) >= 11 is 6.04. The molecule has 29 heavy (non-hydrogen) atoms. The SMILES string of the molecule is Cc1cccc([C@@H]2C3=C(C[C@H](c4ccc(Cl)cc4)CC3=O)Nc3onc(C)c32)c1. The lowest BCUT2D eigenvalue weighted by Crippen LogP contribution is -2.29. The van der Waals surface area contributed by atoms with Crippen LogP contribution in [-0.4, -0.2) is 10.9 Å². The van der Waals surface area contributed by atoms with Gasteiger partial charge in [-0.3, -0.25) is 4.79 Å². The standard InChI is InChI=1S/C24H21ClN2O2/c1-13-4-3-5-16(10-13)22-21-14(2)27-29-24(21)26-19-11-17(12-20(28)23(19)22)15-6-8-18(25)9-7-15/h3-10,17,22,26H,11-12H2,1-2H3/t17-,22-/m0/s1. The summed E-state index contributed by atoms with van der Waals surface area (Å²) in [5, 5.41) is 8.26. The number of hydrogen-bond acceptors (Lipinski definition) is 4. The van der Waals surface area contributed by atoms with Gasteiger partial charge in [0.2, 0.25) is 5.88 Å². The van der Waals surface area contributed by atoms with Crippen LogP contribution in [0.1, 0.15) is 52.6 Å². The molecule has 0 unspecified atom stereocenters. The van der Waals surface area contributed by atoms with Crippen LogP contribution in [0, 0.1) is 13.8 Å². The number of hydrogen-bond donors (Lipinski definition) is 1. The number of ketones is 1. The normalized spacial score (nSPS) is 20.9. The van der Waals surface area contributed by atoms with Gasteiger partial charge in [-0.2, -0.15) is 0 Å². The molecule has 4 nitrogen and oxygen atoms in total. The van der Waals surface area contributed by atoms with Gasteiger partial charge in [0.25, 0.3) is 0 Å². The molecular weight excluding hydrogens is 384 g/mol. The third-order valence-corrected chi connectivity index (χ3v) is 6.23. The lowest BCUT2D eigenvalue weighted by molar-refractivity contribution is -0.116. The minimum Gasteiger partial charge on any atom is -0.338 e. The van der Waals surface area contributed by atoms with Gasteiger partial charge in [-0.15, -0.1) is 0 Å². The van der Waals surface area contributed by atoms with Crippen molar-refractivity contribution in [2.45, 2.75) is 38.5 Å². The van der Waals surface area contributed by atoms with Gasteiger partial charge in [0.1, 0.15) is 0 Å². The zero-order chi connectivity index (χ0) is 20.1. The second-order valence-electron chi connectivity index (χ2n) is 7.96. The molecular formula is C24H21ClN2O2. The Hall–Kier alpha value is -2.85. The Morgan fingerprint density at radius 1 is 1.07 bits per heavy atom. The van der Waals surface area contributed by atoms with Crippen LogP contribution in [0.4, 0.5) is 5.88 Å². The second kappa shape index (κ2) is 6.89. The molecule has 1 aliphatic heterocycles. The number of nitrogens with zero attached hydrogens (tertiary/aromatic N) is 1. The Balaban J connectivity index is 1.62. The van der Waals surface area contributed by atoms with E-state index in [0.29, 0.717) is 17.3 Å². The van der Waals surface area contributed by atoms with E-state index in [1.807, 2.05) is 37.3 Å². The maximum atomic E-state index is 13.4. The van der Waals surface area contributed by atoms with Crippen molar-refractivity contribution in [2.24, 2.45) is 0 Å². The van der Waals surface area contributed by atoms with Crippen LogP contribution in [0.2, 0.25) is 5.02 Å². The van der Waals surface area contributed by atoms with Crippen molar-refractivity contribution in [1.82, 2.24) is 5.16 Å². The first-order chi connectivity index (χ1) is 14.0. The summed E-state index contributed by atoms with van der Waals surface area (Å²) in [5.74, 6) is 0.801. The van der Waals surface area contributed by atoms with Crippen LogP contribution in [0.15, 0.2) is 64.3 Å². The molecule has 0 saturated heterocycles. The molecule has 0 amide bonds. The minimum atomic E-state index is -0.147. The van der Waals surface area contributed by atoms with Crippen molar-refractivity contribution >= 4 is 23.3 Å². The maximum Gasteiger partial charge on any atom is 0.233 e. The lowest BCUT2D eigenvalue weighted by atomic mass is 9.72. The molecule has 5 rings (SSSR count). The highest BCUT2D eigenvalue weighted by Gasteiger charge is 2.41. The van der Waals surface area contributed by atoms with Gasteiger partial charge in [-0.05, 0) is 49.4 Å². The first kappa shape index (κ1) is 18.2. The van der Waals surface area contributed by atoms with E-state index in [1.165, 1.54) is 5.56 Å². The van der Waals surface area contributed by atoms with Crippen LogP contribution < -0.4 is 5.32 Å². The fourth-order valence-electron chi connectivity index (χ4n) is 4.63. The molecule has 0 bridgehead atoms. The summed E-state index contributed by atoms with van der Waals surface area (Å²) in [6, 6.07) is 16.1. The number of anilines is 1. The highest BCUT2D eigenvalue weighted by atomic mass is 35.5.